The quantitative estimate of drug-likeness (QED) is 0.877. The van der Waals surface area contributed by atoms with E-state index in [4.69, 9.17) is 0 Å². The zero-order valence-electron chi connectivity index (χ0n) is 16.3. The molecule has 142 valence electrons. The van der Waals surface area contributed by atoms with Crippen LogP contribution in [0, 0.1) is 5.92 Å². The molecule has 0 amide bonds. The van der Waals surface area contributed by atoms with E-state index in [0.717, 1.165) is 24.1 Å². The predicted octanol–water partition coefficient (Wildman–Crippen LogP) is 2.97. The highest BCUT2D eigenvalue weighted by Crippen LogP contribution is 2.35. The summed E-state index contributed by atoms with van der Waals surface area (Å²) in [5.41, 5.74) is 1.71. The summed E-state index contributed by atoms with van der Waals surface area (Å²) in [5.74, 6) is 0.833. The first-order valence-corrected chi connectivity index (χ1v) is 9.33. The van der Waals surface area contributed by atoms with Crippen molar-refractivity contribution in [3.8, 4) is 0 Å². The van der Waals surface area contributed by atoms with Gasteiger partial charge < -0.3 is 10.4 Å². The maximum atomic E-state index is 12.8. The molecule has 0 atom stereocenters. The van der Waals surface area contributed by atoms with Crippen molar-refractivity contribution in [3.05, 3.63) is 28.5 Å². The monoisotopic (exact) mass is 359 g/mol. The third kappa shape index (κ3) is 3.40. The van der Waals surface area contributed by atoms with Gasteiger partial charge in [0, 0.05) is 18.8 Å². The Morgan fingerprint density at radius 2 is 2.08 bits per heavy atom. The van der Waals surface area contributed by atoms with Gasteiger partial charge in [-0.15, -0.1) is 0 Å². The Bertz CT molecular complexity index is 881. The first kappa shape index (κ1) is 18.6. The van der Waals surface area contributed by atoms with Crippen LogP contribution in [-0.2, 0) is 7.05 Å². The maximum absolute atomic E-state index is 12.8. The second-order valence-electron chi connectivity index (χ2n) is 7.87. The van der Waals surface area contributed by atoms with Crippen molar-refractivity contribution in [1.29, 1.82) is 0 Å². The third-order valence-electron chi connectivity index (χ3n) is 5.42. The fourth-order valence-corrected chi connectivity index (χ4v) is 3.69. The number of hydrogen-bond donors (Lipinski definition) is 2. The highest BCUT2D eigenvalue weighted by atomic mass is 16.3. The molecule has 0 bridgehead atoms. The van der Waals surface area contributed by atoms with Gasteiger partial charge in [-0.3, -0.25) is 9.13 Å². The van der Waals surface area contributed by atoms with Crippen molar-refractivity contribution >= 4 is 17.1 Å². The van der Waals surface area contributed by atoms with Gasteiger partial charge >= 0.3 is 5.69 Å². The van der Waals surface area contributed by atoms with Crippen molar-refractivity contribution in [1.82, 2.24) is 19.1 Å². The van der Waals surface area contributed by atoms with Crippen molar-refractivity contribution in [2.75, 3.05) is 5.32 Å². The molecule has 3 rings (SSSR count). The average molecular weight is 359 g/mol. The Labute approximate surface area is 153 Å². The molecule has 0 saturated heterocycles. The SMILES string of the molecule is C/C=C(/Nc1ncc2c(n1)n(C1CCC(C)(O)CC1)c(=O)n2C)C(C)C. The Hall–Kier alpha value is -2.15. The highest BCUT2D eigenvalue weighted by Gasteiger charge is 2.31. The summed E-state index contributed by atoms with van der Waals surface area (Å²) in [6.45, 7) is 8.05. The maximum Gasteiger partial charge on any atom is 0.330 e. The van der Waals surface area contributed by atoms with Gasteiger partial charge in [-0.2, -0.15) is 4.98 Å². The Morgan fingerprint density at radius 3 is 2.65 bits per heavy atom. The van der Waals surface area contributed by atoms with Crippen LogP contribution in [0.3, 0.4) is 0 Å². The fraction of sp³-hybridized carbons (Fsp3) is 0.632. The zero-order valence-corrected chi connectivity index (χ0v) is 16.3. The molecule has 0 spiro atoms. The van der Waals surface area contributed by atoms with Crippen LogP contribution >= 0.6 is 0 Å². The number of allylic oxidation sites excluding steroid dienone is 2. The molecule has 0 unspecified atom stereocenters. The molecule has 2 aromatic heterocycles. The van der Waals surface area contributed by atoms with Gasteiger partial charge in [0.05, 0.1) is 11.8 Å². The van der Waals surface area contributed by atoms with Crippen LogP contribution in [0.15, 0.2) is 22.8 Å². The number of anilines is 1. The van der Waals surface area contributed by atoms with E-state index in [9.17, 15) is 9.90 Å². The van der Waals surface area contributed by atoms with Crippen LogP contribution in [0.2, 0.25) is 0 Å². The standard InChI is InChI=1S/C19H29N5O2/c1-6-14(12(2)3)21-17-20-11-15-16(22-17)24(18(25)23(15)5)13-7-9-19(4,26)10-8-13/h6,11-13,26H,7-10H2,1-5H3,(H,20,21,22)/b14-6+. The van der Waals surface area contributed by atoms with E-state index in [1.807, 2.05) is 19.9 Å². The minimum absolute atomic E-state index is 0.0560. The van der Waals surface area contributed by atoms with E-state index in [-0.39, 0.29) is 11.7 Å². The number of nitrogens with one attached hydrogen (secondary N) is 1. The number of hydrogen-bond acceptors (Lipinski definition) is 5. The summed E-state index contributed by atoms with van der Waals surface area (Å²) in [6, 6.07) is 0.0560. The van der Waals surface area contributed by atoms with Crippen molar-refractivity contribution in [2.24, 2.45) is 13.0 Å². The van der Waals surface area contributed by atoms with E-state index in [1.54, 1.807) is 22.4 Å². The summed E-state index contributed by atoms with van der Waals surface area (Å²) in [6.07, 6.45) is 6.63. The number of imidazole rings is 1. The molecule has 1 aliphatic rings. The van der Waals surface area contributed by atoms with E-state index in [2.05, 4.69) is 29.1 Å². The molecule has 1 saturated carbocycles. The van der Waals surface area contributed by atoms with E-state index in [0.29, 0.717) is 30.4 Å². The molecule has 26 heavy (non-hydrogen) atoms. The van der Waals surface area contributed by atoms with Crippen LogP contribution in [0.4, 0.5) is 5.95 Å². The minimum Gasteiger partial charge on any atom is -0.390 e. The highest BCUT2D eigenvalue weighted by molar-refractivity contribution is 5.72. The summed E-state index contributed by atoms with van der Waals surface area (Å²) in [7, 11) is 1.75. The van der Waals surface area contributed by atoms with E-state index in [1.165, 1.54) is 0 Å². The molecule has 2 N–H and O–H groups in total. The molecule has 0 radical (unpaired) electrons. The van der Waals surface area contributed by atoms with Gasteiger partial charge in [-0.25, -0.2) is 9.78 Å². The number of aliphatic hydroxyl groups is 1. The van der Waals surface area contributed by atoms with Gasteiger partial charge in [0.25, 0.3) is 0 Å². The molecular weight excluding hydrogens is 330 g/mol. The molecule has 2 heterocycles. The molecule has 0 aromatic carbocycles. The van der Waals surface area contributed by atoms with Crippen LogP contribution < -0.4 is 11.0 Å². The lowest BCUT2D eigenvalue weighted by Crippen LogP contribution is -2.35. The van der Waals surface area contributed by atoms with Crippen LogP contribution in [0.25, 0.3) is 11.2 Å². The smallest absolute Gasteiger partial charge is 0.330 e. The summed E-state index contributed by atoms with van der Waals surface area (Å²) < 4.78 is 3.38. The zero-order chi connectivity index (χ0) is 19.1. The average Bonchev–Trinajstić information content (AvgIpc) is 2.83. The van der Waals surface area contributed by atoms with Gasteiger partial charge in [-0.05, 0) is 45.4 Å². The van der Waals surface area contributed by atoms with Gasteiger partial charge in [0.2, 0.25) is 5.95 Å². The molecule has 7 heteroatoms. The number of rotatable bonds is 4. The second kappa shape index (κ2) is 6.87. The van der Waals surface area contributed by atoms with Crippen molar-refractivity contribution in [3.63, 3.8) is 0 Å². The van der Waals surface area contributed by atoms with Crippen molar-refractivity contribution < 1.29 is 5.11 Å². The molecular formula is C19H29N5O2. The number of aryl methyl sites for hydroxylation is 1. The lowest BCUT2D eigenvalue weighted by Gasteiger charge is -2.33. The first-order chi connectivity index (χ1) is 12.2. The second-order valence-corrected chi connectivity index (χ2v) is 7.87. The predicted molar refractivity (Wildman–Crippen MR) is 103 cm³/mol. The summed E-state index contributed by atoms with van der Waals surface area (Å²) >= 11 is 0. The fourth-order valence-electron chi connectivity index (χ4n) is 3.69. The Morgan fingerprint density at radius 1 is 1.42 bits per heavy atom. The molecule has 1 fully saturated rings. The topological polar surface area (TPSA) is 85.0 Å². The lowest BCUT2D eigenvalue weighted by atomic mass is 9.83. The summed E-state index contributed by atoms with van der Waals surface area (Å²) in [5, 5.41) is 13.5. The van der Waals surface area contributed by atoms with Gasteiger partial charge in [0.15, 0.2) is 5.65 Å². The number of nitrogens with zero attached hydrogens (tertiary/aromatic N) is 4. The van der Waals surface area contributed by atoms with Crippen molar-refractivity contribution in [2.45, 2.75) is 65.0 Å². The molecule has 7 nitrogen and oxygen atoms in total. The van der Waals surface area contributed by atoms with Crippen LogP contribution in [0.5, 0.6) is 0 Å². The largest absolute Gasteiger partial charge is 0.390 e. The summed E-state index contributed by atoms with van der Waals surface area (Å²) in [4.78, 5) is 21.9. The van der Waals surface area contributed by atoms with E-state index < -0.39 is 5.60 Å². The molecule has 0 aliphatic heterocycles. The van der Waals surface area contributed by atoms with E-state index >= 15 is 0 Å². The Kier molecular flexibility index (Phi) is 4.92. The van der Waals surface area contributed by atoms with Crippen LogP contribution in [0.1, 0.15) is 59.4 Å². The minimum atomic E-state index is -0.634. The number of fused-ring (bicyclic) bond motifs is 1. The normalized spacial score (nSPS) is 24.4. The number of aromatic nitrogens is 4. The lowest BCUT2D eigenvalue weighted by molar-refractivity contribution is 0.00991. The molecule has 2 aromatic rings. The van der Waals surface area contributed by atoms with Gasteiger partial charge in [0.1, 0.15) is 5.52 Å². The first-order valence-electron chi connectivity index (χ1n) is 9.33. The Balaban J connectivity index is 2.02. The third-order valence-corrected chi connectivity index (χ3v) is 5.42. The van der Waals surface area contributed by atoms with Crippen LogP contribution in [-0.4, -0.2) is 29.8 Å². The molecule has 1 aliphatic carbocycles. The van der Waals surface area contributed by atoms with Gasteiger partial charge in [-0.1, -0.05) is 19.9 Å².